The van der Waals surface area contributed by atoms with Crippen molar-refractivity contribution in [2.45, 2.75) is 439 Å². The van der Waals surface area contributed by atoms with Gasteiger partial charge in [-0.1, -0.05) is 373 Å². The molecule has 2 unspecified atom stereocenters. The average Bonchev–Trinajstić information content (AvgIpc) is 0.944. The van der Waals surface area contributed by atoms with Gasteiger partial charge in [0.2, 0.25) is 0 Å². The molecule has 23 heteroatoms. The second kappa shape index (κ2) is 83.5. The molecular weight excluding hydrogens is 1450 g/mol. The summed E-state index contributed by atoms with van der Waals surface area (Å²) in [6.07, 6.45) is 62.9. The molecule has 2 atom stereocenters. The van der Waals surface area contributed by atoms with E-state index in [0.29, 0.717) is 25.7 Å². The van der Waals surface area contributed by atoms with Crippen LogP contribution in [-0.2, 0) is 85.0 Å². The van der Waals surface area contributed by atoms with Crippen molar-refractivity contribution >= 4 is 91.0 Å². The molecule has 0 aliphatic heterocycles. The molecule has 0 heterocycles. The maximum absolute atomic E-state index is 12.6. The first-order valence-electron chi connectivity index (χ1n) is 42.8. The highest BCUT2D eigenvalue weighted by Crippen LogP contribution is 2.20. The molecule has 0 aromatic heterocycles. The van der Waals surface area contributed by atoms with E-state index in [0.717, 1.165) is 77.0 Å². The van der Waals surface area contributed by atoms with Crippen molar-refractivity contribution in [3.63, 3.8) is 0 Å². The van der Waals surface area contributed by atoms with E-state index < -0.39 is 57.4 Å². The predicted molar refractivity (Wildman–Crippen MR) is 433 cm³/mol. The molecule has 19 nitrogen and oxygen atoms in total. The van der Waals surface area contributed by atoms with Crippen molar-refractivity contribution in [1.82, 2.24) is 0 Å². The van der Waals surface area contributed by atoms with E-state index in [9.17, 15) is 46.8 Å². The summed E-state index contributed by atoms with van der Waals surface area (Å²) in [5.41, 5.74) is 0. The number of aliphatic carboxylic acids is 1. The number of carboxylic acids is 1. The molecule has 0 amide bonds. The van der Waals surface area contributed by atoms with E-state index in [1.165, 1.54) is 257 Å². The summed E-state index contributed by atoms with van der Waals surface area (Å²) >= 11 is 10.2. The van der Waals surface area contributed by atoms with E-state index in [2.05, 4.69) is 42.6 Å². The number of carbonyl (C=O) groups excluding carboxylic acids is 7. The van der Waals surface area contributed by atoms with Gasteiger partial charge in [0, 0.05) is 62.0 Å². The molecule has 0 aromatic rings. The Hall–Kier alpha value is -3.46. The zero-order chi connectivity index (χ0) is 79.8. The minimum atomic E-state index is -3.83. The fourth-order valence-electron chi connectivity index (χ4n) is 12.3. The SMILES string of the molecule is CCCCCCCCCCCCCCCC(=O)OCC(COC(=O)CCCCCCCCCCCCCCC)OC(=O)CC(C)CC(=O)O.CCCCCCCCCCCCCCCC(=O)OCC(COC(=O)CCCCCCCCCCCCCCC)OC(=O)CC(C)CC(=O)OCCl.O=S(=O)(Cl)OCCl. The van der Waals surface area contributed by atoms with Crippen molar-refractivity contribution in [3.8, 4) is 0 Å². The molecule has 1 N–H and O–H groups in total. The quantitative estimate of drug-likeness (QED) is 0.0195. The van der Waals surface area contributed by atoms with Crippen LogP contribution in [0, 0.1) is 11.8 Å². The Morgan fingerprint density at radius 1 is 0.280 bits per heavy atom. The van der Waals surface area contributed by atoms with Crippen LogP contribution in [0.3, 0.4) is 0 Å². The molecule has 0 aromatic carbocycles. The van der Waals surface area contributed by atoms with Crippen LogP contribution in [0.15, 0.2) is 0 Å². The van der Waals surface area contributed by atoms with Gasteiger partial charge < -0.3 is 38.3 Å². The zero-order valence-corrected chi connectivity index (χ0v) is 71.4. The van der Waals surface area contributed by atoms with E-state index in [4.69, 9.17) is 61.5 Å². The molecular formula is C84H155Cl3O19S. The fraction of sp³-hybridized carbons (Fsp3) is 0.905. The number of carbonyl (C=O) groups is 8. The third kappa shape index (κ3) is 89.6. The Bertz CT molecular complexity index is 2100. The molecule has 0 aliphatic rings. The van der Waals surface area contributed by atoms with Crippen LogP contribution in [0.1, 0.15) is 427 Å². The van der Waals surface area contributed by atoms with Crippen LogP contribution in [0.25, 0.3) is 0 Å². The molecule has 0 rings (SSSR count). The topological polar surface area (TPSA) is 265 Å². The van der Waals surface area contributed by atoms with Crippen LogP contribution >= 0.6 is 33.9 Å². The molecule has 0 fully saturated rings. The minimum absolute atomic E-state index is 0.0225. The fourth-order valence-corrected chi connectivity index (χ4v) is 13.2. The number of hydrogen-bond acceptors (Lipinski definition) is 18. The summed E-state index contributed by atoms with van der Waals surface area (Å²) < 4.78 is 60.5. The molecule has 0 radical (unpaired) electrons. The van der Waals surface area contributed by atoms with Gasteiger partial charge in [-0.3, -0.25) is 38.4 Å². The molecule has 107 heavy (non-hydrogen) atoms. The molecule has 0 bridgehead atoms. The number of carboxylic acid groups (broad SMARTS) is 1. The lowest BCUT2D eigenvalue weighted by atomic mass is 10.0. The maximum Gasteiger partial charge on any atom is 0.356 e. The van der Waals surface area contributed by atoms with Gasteiger partial charge in [0.25, 0.3) is 0 Å². The first-order valence-corrected chi connectivity index (χ1v) is 46.1. The summed E-state index contributed by atoms with van der Waals surface area (Å²) in [4.78, 5) is 97.4. The number of hydrogen-bond donors (Lipinski definition) is 1. The summed E-state index contributed by atoms with van der Waals surface area (Å²) in [5, 5.41) is 8.99. The number of esters is 7. The van der Waals surface area contributed by atoms with Gasteiger partial charge in [0.1, 0.15) is 32.5 Å². The van der Waals surface area contributed by atoms with Gasteiger partial charge in [-0.2, -0.15) is 8.42 Å². The van der Waals surface area contributed by atoms with Crippen molar-refractivity contribution in [2.75, 3.05) is 38.6 Å². The first kappa shape index (κ1) is 108. The van der Waals surface area contributed by atoms with Gasteiger partial charge in [0.05, 0.1) is 0 Å². The lowest BCUT2D eigenvalue weighted by molar-refractivity contribution is -0.167. The second-order valence-electron chi connectivity index (χ2n) is 29.6. The minimum Gasteiger partial charge on any atom is -0.481 e. The van der Waals surface area contributed by atoms with Crippen LogP contribution in [-0.4, -0.2) is 112 Å². The lowest BCUT2D eigenvalue weighted by Gasteiger charge is -2.19. The van der Waals surface area contributed by atoms with Crippen molar-refractivity contribution in [3.05, 3.63) is 0 Å². The highest BCUT2D eigenvalue weighted by atomic mass is 35.7. The highest BCUT2D eigenvalue weighted by molar-refractivity contribution is 8.10. The molecule has 0 spiro atoms. The Balaban J connectivity index is -0.00000185. The third-order valence-electron chi connectivity index (χ3n) is 18.7. The number of rotatable bonds is 77. The van der Waals surface area contributed by atoms with E-state index in [1.54, 1.807) is 13.8 Å². The number of unbranched alkanes of at least 4 members (excludes halogenated alkanes) is 48. The molecule has 0 aliphatic carbocycles. The van der Waals surface area contributed by atoms with Gasteiger partial charge in [-0.25, -0.2) is 4.18 Å². The third-order valence-corrected chi connectivity index (χ3v) is 19.7. The van der Waals surface area contributed by atoms with Gasteiger partial charge in [-0.15, -0.1) is 0 Å². The van der Waals surface area contributed by atoms with E-state index >= 15 is 0 Å². The summed E-state index contributed by atoms with van der Waals surface area (Å²) in [6, 6.07) is -0.681. The molecule has 0 saturated carbocycles. The number of halogens is 3. The Morgan fingerprint density at radius 2 is 0.477 bits per heavy atom. The largest absolute Gasteiger partial charge is 0.481 e. The number of ether oxygens (including phenoxy) is 7. The Labute approximate surface area is 665 Å². The molecule has 0 saturated heterocycles. The average molecular weight is 1610 g/mol. The summed E-state index contributed by atoms with van der Waals surface area (Å²) in [7, 11) is 0.665. The second-order valence-corrected chi connectivity index (χ2v) is 32.2. The summed E-state index contributed by atoms with van der Waals surface area (Å²) in [5.74, 6) is -4.79. The standard InChI is InChI=1S/C42H77ClO8.C41H76O8.CH2Cl2O3S/c1-4-6-8-10-12-14-16-18-20-22-24-26-28-30-39(44)48-34-38(51-42(47)33-37(3)32-41(46)50-36-43)35-49-40(45)31-29-27-25-23-21-19-17-15-13-11-9-7-5-2;1-4-6-8-10-12-14-16-18-20-22-24-26-28-30-39(44)47-34-37(49-41(46)33-36(3)32-38(42)43)35-48-40(45)31-29-27-25-23-21-19-17-15-13-11-9-7-5-2;2-1-6-7(3,4)5/h37-38H,4-36H2,1-3H3;36-37H,4-35H2,1-3H3,(H,42,43);1H2. The first-order chi connectivity index (χ1) is 51.7. The lowest BCUT2D eigenvalue weighted by Crippen LogP contribution is -2.31. The number of alkyl halides is 2. The normalized spacial score (nSPS) is 11.8. The van der Waals surface area contributed by atoms with Crippen molar-refractivity contribution in [2.24, 2.45) is 11.8 Å². The molecule has 632 valence electrons. The van der Waals surface area contributed by atoms with Crippen LogP contribution < -0.4 is 0 Å². The predicted octanol–water partition coefficient (Wildman–Crippen LogP) is 24.2. The van der Waals surface area contributed by atoms with Gasteiger partial charge in [0.15, 0.2) is 18.3 Å². The van der Waals surface area contributed by atoms with E-state index in [-0.39, 0.29) is 88.0 Å². The highest BCUT2D eigenvalue weighted by Gasteiger charge is 2.24. The van der Waals surface area contributed by atoms with Crippen LogP contribution in [0.4, 0.5) is 0 Å². The van der Waals surface area contributed by atoms with Gasteiger partial charge in [-0.05, 0) is 37.5 Å². The van der Waals surface area contributed by atoms with Crippen molar-refractivity contribution in [1.29, 1.82) is 0 Å². The van der Waals surface area contributed by atoms with Crippen molar-refractivity contribution < 1.29 is 89.2 Å². The summed E-state index contributed by atoms with van der Waals surface area (Å²) in [6.45, 7) is 11.6. The monoisotopic (exact) mass is 1600 g/mol. The van der Waals surface area contributed by atoms with E-state index in [1.807, 2.05) is 0 Å². The van der Waals surface area contributed by atoms with Crippen LogP contribution in [0.5, 0.6) is 0 Å². The van der Waals surface area contributed by atoms with Crippen LogP contribution in [0.2, 0.25) is 0 Å². The Morgan fingerprint density at radius 3 is 0.654 bits per heavy atom. The smallest absolute Gasteiger partial charge is 0.356 e. The zero-order valence-electron chi connectivity index (χ0n) is 68.3. The van der Waals surface area contributed by atoms with Gasteiger partial charge >= 0.3 is 57.1 Å². The Kier molecular flexibility index (Phi) is 84.0. The maximum atomic E-state index is 12.6.